The van der Waals surface area contributed by atoms with Crippen LogP contribution in [-0.4, -0.2) is 25.2 Å². The molecule has 1 fully saturated rings. The van der Waals surface area contributed by atoms with Crippen LogP contribution in [0.2, 0.25) is 0 Å². The molecular formula is C18H28N2O2. The number of amides is 1. The summed E-state index contributed by atoms with van der Waals surface area (Å²) >= 11 is 0. The van der Waals surface area contributed by atoms with Gasteiger partial charge in [-0.2, -0.15) is 0 Å². The zero-order valence-corrected chi connectivity index (χ0v) is 13.9. The molecule has 4 nitrogen and oxygen atoms in total. The third-order valence-electron chi connectivity index (χ3n) is 4.36. The van der Waals surface area contributed by atoms with E-state index in [-0.39, 0.29) is 17.2 Å². The average Bonchev–Trinajstić information content (AvgIpc) is 2.52. The number of benzene rings is 1. The Morgan fingerprint density at radius 3 is 2.41 bits per heavy atom. The zero-order chi connectivity index (χ0) is 16.2. The highest BCUT2D eigenvalue weighted by atomic mass is 16.5. The summed E-state index contributed by atoms with van der Waals surface area (Å²) in [5, 5.41) is 2.95. The maximum atomic E-state index is 12.2. The first-order valence-electron chi connectivity index (χ1n) is 8.08. The molecule has 0 radical (unpaired) electrons. The Kier molecular flexibility index (Phi) is 5.59. The predicted molar refractivity (Wildman–Crippen MR) is 88.5 cm³/mol. The van der Waals surface area contributed by atoms with E-state index in [9.17, 15) is 4.79 Å². The highest BCUT2D eigenvalue weighted by molar-refractivity contribution is 5.81. The van der Waals surface area contributed by atoms with E-state index < -0.39 is 6.04 Å². The maximum absolute atomic E-state index is 12.2. The number of ether oxygens (including phenoxy) is 1. The number of nitrogens with two attached hydrogens (primary N) is 1. The number of hydrogen-bond acceptors (Lipinski definition) is 3. The van der Waals surface area contributed by atoms with Crippen molar-refractivity contribution in [1.82, 2.24) is 5.32 Å². The van der Waals surface area contributed by atoms with Gasteiger partial charge in [0, 0.05) is 19.8 Å². The van der Waals surface area contributed by atoms with E-state index in [1.165, 1.54) is 5.56 Å². The molecule has 1 aromatic carbocycles. The van der Waals surface area contributed by atoms with Gasteiger partial charge in [0.05, 0.1) is 6.04 Å². The van der Waals surface area contributed by atoms with Gasteiger partial charge >= 0.3 is 0 Å². The quantitative estimate of drug-likeness (QED) is 0.897. The summed E-state index contributed by atoms with van der Waals surface area (Å²) in [5.74, 6) is 0.170. The summed E-state index contributed by atoms with van der Waals surface area (Å²) in [6.45, 7) is 8.52. The molecule has 22 heavy (non-hydrogen) atoms. The van der Waals surface area contributed by atoms with Gasteiger partial charge in [-0.15, -0.1) is 0 Å². The highest BCUT2D eigenvalue weighted by Crippen LogP contribution is 2.22. The second-order valence-electron chi connectivity index (χ2n) is 7.14. The molecule has 0 saturated carbocycles. The van der Waals surface area contributed by atoms with Crippen molar-refractivity contribution >= 4 is 5.91 Å². The van der Waals surface area contributed by atoms with Crippen molar-refractivity contribution < 1.29 is 9.53 Å². The molecule has 1 saturated heterocycles. The molecule has 0 aromatic heterocycles. The molecule has 0 spiro atoms. The molecule has 1 aromatic rings. The SMILES string of the molecule is CC(C)(C)c1ccc(CNC(=O)C(N)C2CCOCC2)cc1. The topological polar surface area (TPSA) is 64.4 Å². The first-order chi connectivity index (χ1) is 10.4. The molecule has 122 valence electrons. The minimum atomic E-state index is -0.433. The van der Waals surface area contributed by atoms with Crippen LogP contribution < -0.4 is 11.1 Å². The van der Waals surface area contributed by atoms with Gasteiger partial charge in [0.2, 0.25) is 5.91 Å². The van der Waals surface area contributed by atoms with Gasteiger partial charge in [-0.1, -0.05) is 45.0 Å². The first-order valence-corrected chi connectivity index (χ1v) is 8.08. The van der Waals surface area contributed by atoms with Crippen LogP contribution in [-0.2, 0) is 21.5 Å². The van der Waals surface area contributed by atoms with Crippen LogP contribution >= 0.6 is 0 Å². The second kappa shape index (κ2) is 7.25. The molecule has 1 atom stereocenters. The Labute approximate surface area is 133 Å². The molecular weight excluding hydrogens is 276 g/mol. The van der Waals surface area contributed by atoms with Gasteiger partial charge < -0.3 is 15.8 Å². The van der Waals surface area contributed by atoms with Crippen molar-refractivity contribution in [1.29, 1.82) is 0 Å². The number of carbonyl (C=O) groups is 1. The maximum Gasteiger partial charge on any atom is 0.237 e. The highest BCUT2D eigenvalue weighted by Gasteiger charge is 2.26. The summed E-state index contributed by atoms with van der Waals surface area (Å²) in [6, 6.07) is 7.96. The van der Waals surface area contributed by atoms with Gasteiger partial charge in [0.25, 0.3) is 0 Å². The zero-order valence-electron chi connectivity index (χ0n) is 13.9. The summed E-state index contributed by atoms with van der Waals surface area (Å²) < 4.78 is 5.31. The summed E-state index contributed by atoms with van der Waals surface area (Å²) in [6.07, 6.45) is 1.74. The minimum Gasteiger partial charge on any atom is -0.381 e. The molecule has 1 unspecified atom stereocenters. The smallest absolute Gasteiger partial charge is 0.237 e. The van der Waals surface area contributed by atoms with E-state index in [0.29, 0.717) is 19.8 Å². The molecule has 1 amide bonds. The number of hydrogen-bond donors (Lipinski definition) is 2. The van der Waals surface area contributed by atoms with E-state index in [1.54, 1.807) is 0 Å². The summed E-state index contributed by atoms with van der Waals surface area (Å²) in [5.41, 5.74) is 8.61. The van der Waals surface area contributed by atoms with Crippen molar-refractivity contribution in [3.05, 3.63) is 35.4 Å². The van der Waals surface area contributed by atoms with Gasteiger partial charge in [-0.25, -0.2) is 0 Å². The van der Waals surface area contributed by atoms with Crippen LogP contribution in [0.1, 0.15) is 44.7 Å². The summed E-state index contributed by atoms with van der Waals surface area (Å²) in [4.78, 5) is 12.2. The van der Waals surface area contributed by atoms with E-state index in [4.69, 9.17) is 10.5 Å². The Hall–Kier alpha value is -1.39. The Balaban J connectivity index is 1.85. The molecule has 1 aliphatic heterocycles. The Bertz CT molecular complexity index is 485. The molecule has 4 heteroatoms. The van der Waals surface area contributed by atoms with Crippen LogP contribution in [0.5, 0.6) is 0 Å². The predicted octanol–water partition coefficient (Wildman–Crippen LogP) is 2.35. The summed E-state index contributed by atoms with van der Waals surface area (Å²) in [7, 11) is 0. The molecule has 0 aliphatic carbocycles. The van der Waals surface area contributed by atoms with Gasteiger partial charge in [0.1, 0.15) is 0 Å². The van der Waals surface area contributed by atoms with Crippen molar-refractivity contribution in [2.45, 2.75) is 51.6 Å². The Morgan fingerprint density at radius 1 is 1.27 bits per heavy atom. The fourth-order valence-electron chi connectivity index (χ4n) is 2.72. The number of rotatable bonds is 4. The van der Waals surface area contributed by atoms with Crippen LogP contribution in [0.3, 0.4) is 0 Å². The van der Waals surface area contributed by atoms with E-state index >= 15 is 0 Å². The van der Waals surface area contributed by atoms with Gasteiger partial charge in [-0.05, 0) is 35.3 Å². The third kappa shape index (κ3) is 4.55. The molecule has 2 rings (SSSR count). The molecule has 1 aliphatic rings. The van der Waals surface area contributed by atoms with Crippen molar-refractivity contribution in [3.8, 4) is 0 Å². The number of carbonyl (C=O) groups excluding carboxylic acids is 1. The minimum absolute atomic E-state index is 0.0632. The molecule has 3 N–H and O–H groups in total. The van der Waals surface area contributed by atoms with Gasteiger partial charge in [0.15, 0.2) is 0 Å². The van der Waals surface area contributed by atoms with E-state index in [2.05, 4.69) is 50.4 Å². The van der Waals surface area contributed by atoms with Gasteiger partial charge in [-0.3, -0.25) is 4.79 Å². The average molecular weight is 304 g/mol. The standard InChI is InChI=1S/C18H28N2O2/c1-18(2,3)15-6-4-13(5-7-15)12-20-17(21)16(19)14-8-10-22-11-9-14/h4-7,14,16H,8-12,19H2,1-3H3,(H,20,21). The molecule has 0 bridgehead atoms. The fourth-order valence-corrected chi connectivity index (χ4v) is 2.72. The van der Waals surface area contributed by atoms with Crippen LogP contribution in [0.25, 0.3) is 0 Å². The van der Waals surface area contributed by atoms with E-state index in [1.807, 2.05) is 0 Å². The van der Waals surface area contributed by atoms with Crippen molar-refractivity contribution in [3.63, 3.8) is 0 Å². The lowest BCUT2D eigenvalue weighted by molar-refractivity contribution is -0.124. The second-order valence-corrected chi connectivity index (χ2v) is 7.14. The lowest BCUT2D eigenvalue weighted by atomic mass is 9.87. The lowest BCUT2D eigenvalue weighted by Crippen LogP contribution is -2.46. The normalized spacial score (nSPS) is 18.0. The Morgan fingerprint density at radius 2 is 1.86 bits per heavy atom. The number of nitrogens with one attached hydrogen (secondary N) is 1. The van der Waals surface area contributed by atoms with E-state index in [0.717, 1.165) is 18.4 Å². The van der Waals surface area contributed by atoms with Crippen LogP contribution in [0.15, 0.2) is 24.3 Å². The first kappa shape index (κ1) is 17.0. The monoisotopic (exact) mass is 304 g/mol. The fraction of sp³-hybridized carbons (Fsp3) is 0.611. The molecule has 1 heterocycles. The van der Waals surface area contributed by atoms with Crippen molar-refractivity contribution in [2.24, 2.45) is 11.7 Å². The van der Waals surface area contributed by atoms with Crippen molar-refractivity contribution in [2.75, 3.05) is 13.2 Å². The largest absolute Gasteiger partial charge is 0.381 e. The van der Waals surface area contributed by atoms with Crippen LogP contribution in [0, 0.1) is 5.92 Å². The van der Waals surface area contributed by atoms with Crippen LogP contribution in [0.4, 0.5) is 0 Å². The third-order valence-corrected chi connectivity index (χ3v) is 4.36. The lowest BCUT2D eigenvalue weighted by Gasteiger charge is -2.26.